The van der Waals surface area contributed by atoms with Crippen molar-refractivity contribution in [1.82, 2.24) is 25.1 Å². The summed E-state index contributed by atoms with van der Waals surface area (Å²) in [6.07, 6.45) is 5.28. The zero-order valence-corrected chi connectivity index (χ0v) is 11.3. The van der Waals surface area contributed by atoms with Crippen molar-refractivity contribution in [2.75, 3.05) is 5.73 Å². The van der Waals surface area contributed by atoms with Crippen LogP contribution in [-0.2, 0) is 0 Å². The summed E-state index contributed by atoms with van der Waals surface area (Å²) in [5, 5.41) is 9.42. The van der Waals surface area contributed by atoms with Gasteiger partial charge in [0.2, 0.25) is 5.95 Å². The van der Waals surface area contributed by atoms with Crippen LogP contribution in [0.2, 0.25) is 0 Å². The molecule has 0 bridgehead atoms. The van der Waals surface area contributed by atoms with E-state index in [9.17, 15) is 0 Å². The third-order valence-electron chi connectivity index (χ3n) is 3.58. The second-order valence-corrected chi connectivity index (χ2v) is 4.93. The first-order valence-corrected chi connectivity index (χ1v) is 6.54. The van der Waals surface area contributed by atoms with E-state index >= 15 is 0 Å². The van der Waals surface area contributed by atoms with Crippen molar-refractivity contribution in [3.8, 4) is 11.1 Å². The minimum absolute atomic E-state index is 0.270. The van der Waals surface area contributed by atoms with Crippen molar-refractivity contribution in [3.05, 3.63) is 42.5 Å². The summed E-state index contributed by atoms with van der Waals surface area (Å²) in [4.78, 5) is 12.5. The number of benzene rings is 1. The van der Waals surface area contributed by atoms with Gasteiger partial charge in [0.1, 0.15) is 5.52 Å². The summed E-state index contributed by atoms with van der Waals surface area (Å²) in [7, 11) is 0. The Morgan fingerprint density at radius 2 is 1.76 bits per heavy atom. The maximum atomic E-state index is 5.53. The lowest BCUT2D eigenvalue weighted by molar-refractivity contribution is 1.07. The third-order valence-corrected chi connectivity index (χ3v) is 3.58. The highest BCUT2D eigenvalue weighted by molar-refractivity contribution is 6.05. The Morgan fingerprint density at radius 1 is 0.952 bits per heavy atom. The topological polar surface area (TPSA) is 93.4 Å². The van der Waals surface area contributed by atoms with Gasteiger partial charge in [0.05, 0.1) is 5.52 Å². The number of aryl methyl sites for hydroxylation is 1. The number of aromatic amines is 1. The van der Waals surface area contributed by atoms with Gasteiger partial charge in [0.15, 0.2) is 0 Å². The average Bonchev–Trinajstić information content (AvgIpc) is 2.89. The van der Waals surface area contributed by atoms with Crippen LogP contribution in [0.25, 0.3) is 32.9 Å². The number of H-pyrrole nitrogens is 1. The largest absolute Gasteiger partial charge is 0.368 e. The van der Waals surface area contributed by atoms with Crippen LogP contribution in [0, 0.1) is 6.92 Å². The lowest BCUT2D eigenvalue weighted by atomic mass is 10.0. The highest BCUT2D eigenvalue weighted by Gasteiger charge is 2.09. The van der Waals surface area contributed by atoms with Gasteiger partial charge in [-0.05, 0) is 24.6 Å². The lowest BCUT2D eigenvalue weighted by Crippen LogP contribution is -1.93. The number of nitrogen functional groups attached to an aromatic ring is 1. The molecule has 0 unspecified atom stereocenters. The lowest BCUT2D eigenvalue weighted by Gasteiger charge is -2.04. The maximum absolute atomic E-state index is 5.53. The van der Waals surface area contributed by atoms with Crippen LogP contribution in [0.15, 0.2) is 36.8 Å². The second-order valence-electron chi connectivity index (χ2n) is 4.93. The van der Waals surface area contributed by atoms with Crippen molar-refractivity contribution >= 4 is 27.8 Å². The number of nitrogens with two attached hydrogens (primary N) is 1. The molecule has 0 aliphatic rings. The van der Waals surface area contributed by atoms with Gasteiger partial charge < -0.3 is 5.73 Å². The van der Waals surface area contributed by atoms with E-state index in [2.05, 4.69) is 31.2 Å². The predicted molar refractivity (Wildman–Crippen MR) is 81.6 cm³/mol. The van der Waals surface area contributed by atoms with Crippen molar-refractivity contribution in [2.24, 2.45) is 0 Å². The molecular formula is C15H12N6. The SMILES string of the molecule is Cc1[nH]nc2c1cnc1ccc(-c3cnc(N)nc3)cc12. The Balaban J connectivity index is 1.99. The normalized spacial score (nSPS) is 11.3. The minimum Gasteiger partial charge on any atom is -0.368 e. The van der Waals surface area contributed by atoms with Gasteiger partial charge in [-0.3, -0.25) is 10.1 Å². The molecule has 3 heterocycles. The molecule has 6 nitrogen and oxygen atoms in total. The molecule has 0 radical (unpaired) electrons. The standard InChI is InChI=1S/C15H12N6/c1-8-12-7-17-13-3-2-9(4-11(13)14(12)21-20-8)10-5-18-15(16)19-6-10/h2-7H,1H3,(H,20,21)(H2,16,18,19). The fourth-order valence-electron chi connectivity index (χ4n) is 2.44. The van der Waals surface area contributed by atoms with E-state index in [1.165, 1.54) is 0 Å². The van der Waals surface area contributed by atoms with Gasteiger partial charge in [-0.15, -0.1) is 0 Å². The van der Waals surface area contributed by atoms with E-state index in [0.717, 1.165) is 38.6 Å². The van der Waals surface area contributed by atoms with Crippen molar-refractivity contribution in [3.63, 3.8) is 0 Å². The van der Waals surface area contributed by atoms with Crippen molar-refractivity contribution in [2.45, 2.75) is 6.92 Å². The van der Waals surface area contributed by atoms with Crippen LogP contribution in [0.1, 0.15) is 5.69 Å². The van der Waals surface area contributed by atoms with E-state index in [-0.39, 0.29) is 5.95 Å². The first-order valence-electron chi connectivity index (χ1n) is 6.54. The Labute approximate surface area is 120 Å². The van der Waals surface area contributed by atoms with Crippen LogP contribution in [0.4, 0.5) is 5.95 Å². The number of nitrogens with one attached hydrogen (secondary N) is 1. The summed E-state index contributed by atoms with van der Waals surface area (Å²) < 4.78 is 0. The average molecular weight is 276 g/mol. The van der Waals surface area contributed by atoms with Crippen molar-refractivity contribution < 1.29 is 0 Å². The maximum Gasteiger partial charge on any atom is 0.219 e. The van der Waals surface area contributed by atoms with E-state index in [1.54, 1.807) is 12.4 Å². The van der Waals surface area contributed by atoms with Crippen LogP contribution >= 0.6 is 0 Å². The highest BCUT2D eigenvalue weighted by atomic mass is 15.1. The Bertz CT molecular complexity index is 955. The highest BCUT2D eigenvalue weighted by Crippen LogP contribution is 2.28. The number of hydrogen-bond acceptors (Lipinski definition) is 5. The molecule has 0 aliphatic heterocycles. The molecule has 0 aliphatic carbocycles. The molecule has 3 aromatic heterocycles. The van der Waals surface area contributed by atoms with Crippen molar-refractivity contribution in [1.29, 1.82) is 0 Å². The number of anilines is 1. The van der Waals surface area contributed by atoms with Crippen LogP contribution in [0.3, 0.4) is 0 Å². The van der Waals surface area contributed by atoms with Gasteiger partial charge in [-0.1, -0.05) is 6.07 Å². The van der Waals surface area contributed by atoms with Gasteiger partial charge in [0, 0.05) is 40.6 Å². The number of hydrogen-bond donors (Lipinski definition) is 2. The second kappa shape index (κ2) is 4.24. The summed E-state index contributed by atoms with van der Waals surface area (Å²) in [6.45, 7) is 1.99. The van der Waals surface area contributed by atoms with Gasteiger partial charge >= 0.3 is 0 Å². The molecule has 0 fully saturated rings. The Hall–Kier alpha value is -3.02. The van der Waals surface area contributed by atoms with Crippen LogP contribution in [-0.4, -0.2) is 25.1 Å². The summed E-state index contributed by atoms with van der Waals surface area (Å²) in [6, 6.07) is 6.03. The molecule has 102 valence electrons. The molecule has 4 rings (SSSR count). The fraction of sp³-hybridized carbons (Fsp3) is 0.0667. The predicted octanol–water partition coefficient (Wildman–Crippen LogP) is 2.46. The third kappa shape index (κ3) is 1.80. The van der Waals surface area contributed by atoms with Crippen LogP contribution < -0.4 is 5.73 Å². The number of pyridine rings is 1. The van der Waals surface area contributed by atoms with E-state index in [1.807, 2.05) is 25.3 Å². The fourth-order valence-corrected chi connectivity index (χ4v) is 2.44. The summed E-state index contributed by atoms with van der Waals surface area (Å²) >= 11 is 0. The zero-order chi connectivity index (χ0) is 14.4. The number of rotatable bonds is 1. The molecule has 0 spiro atoms. The van der Waals surface area contributed by atoms with E-state index in [0.29, 0.717) is 0 Å². The number of nitrogens with zero attached hydrogens (tertiary/aromatic N) is 4. The molecule has 0 amide bonds. The van der Waals surface area contributed by atoms with E-state index < -0.39 is 0 Å². The number of aromatic nitrogens is 5. The summed E-state index contributed by atoms with van der Waals surface area (Å²) in [5.74, 6) is 0.270. The van der Waals surface area contributed by atoms with Gasteiger partial charge in [-0.25, -0.2) is 9.97 Å². The zero-order valence-electron chi connectivity index (χ0n) is 11.3. The van der Waals surface area contributed by atoms with Gasteiger partial charge in [-0.2, -0.15) is 5.10 Å². The molecule has 21 heavy (non-hydrogen) atoms. The first-order chi connectivity index (χ1) is 10.2. The molecule has 1 aromatic carbocycles. The molecular weight excluding hydrogens is 264 g/mol. The van der Waals surface area contributed by atoms with Gasteiger partial charge in [0.25, 0.3) is 0 Å². The molecule has 0 saturated heterocycles. The molecule has 3 N–H and O–H groups in total. The quantitative estimate of drug-likeness (QED) is 0.557. The Kier molecular flexibility index (Phi) is 2.38. The number of fused-ring (bicyclic) bond motifs is 3. The summed E-state index contributed by atoms with van der Waals surface area (Å²) in [5.41, 5.74) is 10.3. The minimum atomic E-state index is 0.270. The molecule has 6 heteroatoms. The van der Waals surface area contributed by atoms with E-state index in [4.69, 9.17) is 5.73 Å². The Morgan fingerprint density at radius 3 is 2.57 bits per heavy atom. The molecule has 0 saturated carbocycles. The smallest absolute Gasteiger partial charge is 0.219 e. The monoisotopic (exact) mass is 276 g/mol. The van der Waals surface area contributed by atoms with Crippen LogP contribution in [0.5, 0.6) is 0 Å². The molecule has 0 atom stereocenters. The first kappa shape index (κ1) is 11.8. The molecule has 4 aromatic rings.